The minimum Gasteiger partial charge on any atom is -0.316 e. The lowest BCUT2D eigenvalue weighted by atomic mass is 9.96. The van der Waals surface area contributed by atoms with Gasteiger partial charge in [0.2, 0.25) is 0 Å². The van der Waals surface area contributed by atoms with Crippen LogP contribution in [0.2, 0.25) is 0 Å². The molecule has 1 aliphatic rings. The van der Waals surface area contributed by atoms with Gasteiger partial charge in [0.1, 0.15) is 0 Å². The van der Waals surface area contributed by atoms with E-state index in [-0.39, 0.29) is 0 Å². The first-order valence-electron chi connectivity index (χ1n) is 5.20. The lowest BCUT2D eigenvalue weighted by Crippen LogP contribution is -2.27. The first-order valence-corrected chi connectivity index (χ1v) is 5.20. The Morgan fingerprint density at radius 1 is 1.57 bits per heavy atom. The molecule has 1 aliphatic heterocycles. The SMILES string of the molecule is CNC(c1ccccn1)C1CCNC1. The van der Waals surface area contributed by atoms with Crippen LogP contribution in [0, 0.1) is 5.92 Å². The molecule has 0 saturated carbocycles. The molecule has 1 fully saturated rings. The largest absolute Gasteiger partial charge is 0.316 e. The number of nitrogens with one attached hydrogen (secondary N) is 2. The number of hydrogen-bond acceptors (Lipinski definition) is 3. The first kappa shape index (κ1) is 9.62. The molecule has 1 aromatic heterocycles. The average molecular weight is 191 g/mol. The van der Waals surface area contributed by atoms with Crippen molar-refractivity contribution in [2.75, 3.05) is 20.1 Å². The lowest BCUT2D eigenvalue weighted by Gasteiger charge is -2.21. The molecule has 0 bridgehead atoms. The van der Waals surface area contributed by atoms with Crippen LogP contribution >= 0.6 is 0 Å². The average Bonchev–Trinajstić information content (AvgIpc) is 2.74. The predicted octanol–water partition coefficient (Wildman–Crippen LogP) is 0.952. The van der Waals surface area contributed by atoms with Crippen LogP contribution in [0.3, 0.4) is 0 Å². The van der Waals surface area contributed by atoms with Crippen LogP contribution in [0.5, 0.6) is 0 Å². The summed E-state index contributed by atoms with van der Waals surface area (Å²) in [6.45, 7) is 2.23. The van der Waals surface area contributed by atoms with Gasteiger partial charge in [0.25, 0.3) is 0 Å². The molecule has 2 atom stereocenters. The molecule has 0 radical (unpaired) electrons. The maximum atomic E-state index is 4.40. The number of nitrogens with zero attached hydrogens (tertiary/aromatic N) is 1. The van der Waals surface area contributed by atoms with Crippen LogP contribution in [-0.4, -0.2) is 25.1 Å². The van der Waals surface area contributed by atoms with E-state index in [2.05, 4.69) is 27.8 Å². The summed E-state index contributed by atoms with van der Waals surface area (Å²) in [4.78, 5) is 4.40. The summed E-state index contributed by atoms with van der Waals surface area (Å²) in [5.41, 5.74) is 1.16. The van der Waals surface area contributed by atoms with E-state index in [0.29, 0.717) is 12.0 Å². The van der Waals surface area contributed by atoms with E-state index in [1.807, 2.05) is 19.3 Å². The third-order valence-electron chi connectivity index (χ3n) is 2.89. The summed E-state index contributed by atoms with van der Waals surface area (Å²) < 4.78 is 0. The Hall–Kier alpha value is -0.930. The highest BCUT2D eigenvalue weighted by molar-refractivity contribution is 5.10. The Morgan fingerprint density at radius 2 is 2.50 bits per heavy atom. The van der Waals surface area contributed by atoms with Crippen molar-refractivity contribution in [1.82, 2.24) is 15.6 Å². The fourth-order valence-corrected chi connectivity index (χ4v) is 2.15. The lowest BCUT2D eigenvalue weighted by molar-refractivity contribution is 0.402. The van der Waals surface area contributed by atoms with Gasteiger partial charge in [0.05, 0.1) is 11.7 Å². The van der Waals surface area contributed by atoms with E-state index in [1.165, 1.54) is 6.42 Å². The zero-order chi connectivity index (χ0) is 9.80. The van der Waals surface area contributed by atoms with Gasteiger partial charge in [-0.15, -0.1) is 0 Å². The van der Waals surface area contributed by atoms with Gasteiger partial charge in [0.15, 0.2) is 0 Å². The Bertz CT molecular complexity index is 267. The van der Waals surface area contributed by atoms with Crippen LogP contribution in [-0.2, 0) is 0 Å². The number of pyridine rings is 1. The molecule has 3 heteroatoms. The van der Waals surface area contributed by atoms with Crippen molar-refractivity contribution >= 4 is 0 Å². The fourth-order valence-electron chi connectivity index (χ4n) is 2.15. The molecule has 0 aromatic carbocycles. The molecule has 2 unspecified atom stereocenters. The van der Waals surface area contributed by atoms with Crippen LogP contribution in [0.4, 0.5) is 0 Å². The molecule has 2 rings (SSSR count). The van der Waals surface area contributed by atoms with E-state index in [0.717, 1.165) is 18.8 Å². The first-order chi connectivity index (χ1) is 6.92. The molecule has 1 saturated heterocycles. The number of aromatic nitrogens is 1. The summed E-state index contributed by atoms with van der Waals surface area (Å²) in [5.74, 6) is 0.676. The zero-order valence-corrected chi connectivity index (χ0v) is 8.53. The molecule has 2 N–H and O–H groups in total. The quantitative estimate of drug-likeness (QED) is 0.747. The highest BCUT2D eigenvalue weighted by Crippen LogP contribution is 2.24. The summed E-state index contributed by atoms with van der Waals surface area (Å²) >= 11 is 0. The van der Waals surface area contributed by atoms with Gasteiger partial charge in [-0.1, -0.05) is 6.07 Å². The molecule has 0 aliphatic carbocycles. The second-order valence-electron chi connectivity index (χ2n) is 3.77. The van der Waals surface area contributed by atoms with E-state index >= 15 is 0 Å². The van der Waals surface area contributed by atoms with Crippen LogP contribution in [0.15, 0.2) is 24.4 Å². The van der Waals surface area contributed by atoms with Gasteiger partial charge in [-0.05, 0) is 44.6 Å². The molecule has 1 aromatic rings. The van der Waals surface area contributed by atoms with Gasteiger partial charge in [-0.25, -0.2) is 0 Å². The fraction of sp³-hybridized carbons (Fsp3) is 0.545. The third-order valence-corrected chi connectivity index (χ3v) is 2.89. The maximum absolute atomic E-state index is 4.40. The van der Waals surface area contributed by atoms with Gasteiger partial charge in [-0.2, -0.15) is 0 Å². The van der Waals surface area contributed by atoms with E-state index in [1.54, 1.807) is 0 Å². The Labute approximate surface area is 84.9 Å². The second kappa shape index (κ2) is 4.53. The highest BCUT2D eigenvalue weighted by Gasteiger charge is 2.25. The summed E-state index contributed by atoms with van der Waals surface area (Å²) in [6, 6.07) is 6.50. The smallest absolute Gasteiger partial charge is 0.0576 e. The van der Waals surface area contributed by atoms with Gasteiger partial charge in [0, 0.05) is 6.20 Å². The van der Waals surface area contributed by atoms with Gasteiger partial charge < -0.3 is 10.6 Å². The van der Waals surface area contributed by atoms with Crippen molar-refractivity contribution in [1.29, 1.82) is 0 Å². The highest BCUT2D eigenvalue weighted by atomic mass is 15.0. The van der Waals surface area contributed by atoms with Crippen LogP contribution in [0.1, 0.15) is 18.2 Å². The Kier molecular flexibility index (Phi) is 3.11. The molecule has 2 heterocycles. The Balaban J connectivity index is 2.12. The minimum atomic E-state index is 0.395. The predicted molar refractivity (Wildman–Crippen MR) is 57.0 cm³/mol. The van der Waals surface area contributed by atoms with Crippen LogP contribution < -0.4 is 10.6 Å². The second-order valence-corrected chi connectivity index (χ2v) is 3.77. The van der Waals surface area contributed by atoms with E-state index in [9.17, 15) is 0 Å². The summed E-state index contributed by atoms with van der Waals surface area (Å²) in [6.07, 6.45) is 3.10. The van der Waals surface area contributed by atoms with Gasteiger partial charge in [-0.3, -0.25) is 4.98 Å². The Morgan fingerprint density at radius 3 is 3.07 bits per heavy atom. The van der Waals surface area contributed by atoms with Crippen molar-refractivity contribution in [3.63, 3.8) is 0 Å². The third kappa shape index (κ3) is 1.94. The molecule has 14 heavy (non-hydrogen) atoms. The molecular weight excluding hydrogens is 174 g/mol. The molecule has 0 amide bonds. The zero-order valence-electron chi connectivity index (χ0n) is 8.53. The van der Waals surface area contributed by atoms with Crippen molar-refractivity contribution < 1.29 is 0 Å². The summed E-state index contributed by atoms with van der Waals surface area (Å²) in [7, 11) is 2.01. The van der Waals surface area contributed by atoms with Crippen molar-refractivity contribution in [3.05, 3.63) is 30.1 Å². The number of rotatable bonds is 3. The molecular formula is C11H17N3. The van der Waals surface area contributed by atoms with E-state index < -0.39 is 0 Å². The van der Waals surface area contributed by atoms with Crippen molar-refractivity contribution in [2.24, 2.45) is 5.92 Å². The topological polar surface area (TPSA) is 37.0 Å². The normalized spacial score (nSPS) is 23.6. The standard InChI is InChI=1S/C11H17N3/c1-12-11(9-5-7-13-8-9)10-4-2-3-6-14-10/h2-4,6,9,11-13H,5,7-8H2,1H3. The van der Waals surface area contributed by atoms with Crippen molar-refractivity contribution in [3.8, 4) is 0 Å². The molecule has 76 valence electrons. The van der Waals surface area contributed by atoms with Gasteiger partial charge >= 0.3 is 0 Å². The molecule has 3 nitrogen and oxygen atoms in total. The molecule has 0 spiro atoms. The maximum Gasteiger partial charge on any atom is 0.0576 e. The summed E-state index contributed by atoms with van der Waals surface area (Å²) in [5, 5.41) is 6.75. The minimum absolute atomic E-state index is 0.395. The van der Waals surface area contributed by atoms with Crippen molar-refractivity contribution in [2.45, 2.75) is 12.5 Å². The number of hydrogen-bond donors (Lipinski definition) is 2. The van der Waals surface area contributed by atoms with Crippen LogP contribution in [0.25, 0.3) is 0 Å². The monoisotopic (exact) mass is 191 g/mol. The van der Waals surface area contributed by atoms with E-state index in [4.69, 9.17) is 0 Å².